The number of fused-ring (bicyclic) bond motifs is 1. The number of hydrogen-bond acceptors (Lipinski definition) is 10. The molecule has 3 heterocycles. The Morgan fingerprint density at radius 2 is 2.25 bits per heavy atom. The Morgan fingerprint density at radius 1 is 1.50 bits per heavy atom. The number of aliphatic hydroxyl groups excluding tert-OH is 2. The van der Waals surface area contributed by atoms with E-state index in [0.29, 0.717) is 5.01 Å². The van der Waals surface area contributed by atoms with Gasteiger partial charge in [0.05, 0.1) is 31.1 Å². The van der Waals surface area contributed by atoms with Crippen molar-refractivity contribution < 1.29 is 19.7 Å². The third-order valence-corrected chi connectivity index (χ3v) is 4.74. The normalized spacial score (nSPS) is 23.0. The van der Waals surface area contributed by atoms with Gasteiger partial charge >= 0.3 is 6.03 Å². The van der Waals surface area contributed by atoms with Gasteiger partial charge in [-0.05, 0) is 0 Å². The predicted molar refractivity (Wildman–Crippen MR) is 113 cm³/mol. The number of nitrogens with one attached hydrogen (secondary N) is 2. The largest absolute Gasteiger partial charge is 0.394 e. The van der Waals surface area contributed by atoms with Crippen LogP contribution in [0.2, 0.25) is 0 Å². The van der Waals surface area contributed by atoms with E-state index < -0.39 is 42.7 Å². The maximum absolute atomic E-state index is 12.4. The van der Waals surface area contributed by atoms with Gasteiger partial charge in [-0.1, -0.05) is 0 Å². The maximum Gasteiger partial charge on any atom is 0.340 e. The van der Waals surface area contributed by atoms with E-state index in [4.69, 9.17) is 16.3 Å². The van der Waals surface area contributed by atoms with Gasteiger partial charge in [-0.3, -0.25) is 14.3 Å². The molecule has 0 bridgehead atoms. The highest BCUT2D eigenvalue weighted by Crippen LogP contribution is 2.31. The Labute approximate surface area is 185 Å². The molecule has 1 unspecified atom stereocenters. The Bertz CT molecular complexity index is 1060. The molecule has 0 aliphatic carbocycles. The number of aliphatic hydroxyl groups is 2. The summed E-state index contributed by atoms with van der Waals surface area (Å²) in [5.41, 5.74) is -0.514. The van der Waals surface area contributed by atoms with Crippen LogP contribution in [-0.2, 0) is 4.74 Å². The number of H-pyrrole nitrogens is 1. The second-order valence-electron chi connectivity index (χ2n) is 7.03. The van der Waals surface area contributed by atoms with E-state index >= 15 is 0 Å². The van der Waals surface area contributed by atoms with E-state index in [1.165, 1.54) is 17.2 Å². The molecule has 0 saturated carbocycles. The number of nitroso groups, excluding NO2 is 1. The van der Waals surface area contributed by atoms with E-state index in [2.05, 4.69) is 30.5 Å². The van der Waals surface area contributed by atoms with E-state index in [1.54, 1.807) is 19.0 Å². The first-order valence-electron chi connectivity index (χ1n) is 9.39. The lowest BCUT2D eigenvalue weighted by atomic mass is 10.1. The van der Waals surface area contributed by atoms with Crippen molar-refractivity contribution in [1.29, 1.82) is 0 Å². The number of halogens is 1. The molecule has 0 radical (unpaired) electrons. The van der Waals surface area contributed by atoms with Crippen LogP contribution in [-0.4, -0.2) is 103 Å². The van der Waals surface area contributed by atoms with E-state index in [0.717, 1.165) is 0 Å². The second kappa shape index (κ2) is 9.99. The number of aliphatic imine (C=N–C) groups is 1. The maximum atomic E-state index is 12.4. The topological polar surface area (TPSA) is 191 Å². The van der Waals surface area contributed by atoms with Crippen molar-refractivity contribution in [2.75, 3.05) is 33.1 Å². The summed E-state index contributed by atoms with van der Waals surface area (Å²) < 4.78 is 7.02. The van der Waals surface area contributed by atoms with Crippen LogP contribution >= 0.6 is 11.6 Å². The molecule has 4 N–H and O–H groups in total. The van der Waals surface area contributed by atoms with E-state index in [-0.39, 0.29) is 29.5 Å². The average Bonchev–Trinajstić information content (AvgIpc) is 3.32. The van der Waals surface area contributed by atoms with Gasteiger partial charge in [0.15, 0.2) is 17.4 Å². The van der Waals surface area contributed by atoms with Crippen molar-refractivity contribution in [3.05, 3.63) is 21.6 Å². The zero-order valence-corrected chi connectivity index (χ0v) is 17.9. The Kier molecular flexibility index (Phi) is 7.34. The molecule has 15 nitrogen and oxygen atoms in total. The predicted octanol–water partition coefficient (Wildman–Crippen LogP) is -1.11. The average molecular weight is 472 g/mol. The number of carbonyl (C=O) groups is 1. The number of imidazole rings is 1. The summed E-state index contributed by atoms with van der Waals surface area (Å²) in [6.07, 6.45) is -0.869. The highest BCUT2D eigenvalue weighted by molar-refractivity contribution is 6.18. The molecule has 1 aliphatic rings. The van der Waals surface area contributed by atoms with Gasteiger partial charge < -0.3 is 25.2 Å². The number of nitrogens with zero attached hydrogens (tertiary/aromatic N) is 7. The quantitative estimate of drug-likeness (QED) is 0.121. The fourth-order valence-electron chi connectivity index (χ4n) is 3.10. The van der Waals surface area contributed by atoms with E-state index in [1.807, 2.05) is 0 Å². The number of aromatic amines is 1. The first kappa shape index (κ1) is 23.5. The van der Waals surface area contributed by atoms with Crippen molar-refractivity contribution in [3.63, 3.8) is 0 Å². The molecule has 0 aromatic carbocycles. The Hall–Kier alpha value is -3.14. The molecule has 3 rings (SSSR count). The number of alkyl halides is 1. The van der Waals surface area contributed by atoms with Crippen LogP contribution in [0.1, 0.15) is 6.23 Å². The van der Waals surface area contributed by atoms with E-state index in [9.17, 15) is 24.7 Å². The number of ether oxygens (including phenoxy) is 1. The number of hydrogen-bond donors (Lipinski definition) is 4. The highest BCUT2D eigenvalue weighted by atomic mass is 35.5. The van der Waals surface area contributed by atoms with Crippen molar-refractivity contribution in [2.45, 2.75) is 24.5 Å². The molecule has 4 atom stereocenters. The Morgan fingerprint density at radius 3 is 2.88 bits per heavy atom. The van der Waals surface area contributed by atoms with Gasteiger partial charge in [0.2, 0.25) is 5.95 Å². The zero-order valence-electron chi connectivity index (χ0n) is 17.1. The first-order valence-corrected chi connectivity index (χ1v) is 9.93. The third kappa shape index (κ3) is 4.69. The molecule has 2 aromatic heterocycles. The molecular formula is C16H22ClN9O6. The summed E-state index contributed by atoms with van der Waals surface area (Å²) in [4.78, 5) is 52.2. The molecule has 32 heavy (non-hydrogen) atoms. The van der Waals surface area contributed by atoms with Crippen LogP contribution in [0.15, 0.2) is 21.4 Å². The number of carbonyl (C=O) groups excluding carboxylic acids is 1. The van der Waals surface area contributed by atoms with Gasteiger partial charge in [0.25, 0.3) is 5.56 Å². The summed E-state index contributed by atoms with van der Waals surface area (Å²) in [7, 11) is 3.48. The smallest absolute Gasteiger partial charge is 0.340 e. The Balaban J connectivity index is 2.00. The van der Waals surface area contributed by atoms with Crippen LogP contribution in [0.4, 0.5) is 10.7 Å². The molecular weight excluding hydrogens is 450 g/mol. The molecule has 1 fully saturated rings. The van der Waals surface area contributed by atoms with Crippen LogP contribution in [0.25, 0.3) is 11.2 Å². The van der Waals surface area contributed by atoms with Gasteiger partial charge in [0.1, 0.15) is 18.2 Å². The minimum Gasteiger partial charge on any atom is -0.394 e. The van der Waals surface area contributed by atoms with Gasteiger partial charge in [0, 0.05) is 20.0 Å². The first-order chi connectivity index (χ1) is 15.3. The molecule has 1 aliphatic heterocycles. The van der Waals surface area contributed by atoms with Crippen molar-refractivity contribution in [2.24, 2.45) is 10.3 Å². The summed E-state index contributed by atoms with van der Waals surface area (Å²) in [5.74, 6) is -0.0463. The number of aromatic nitrogens is 4. The highest BCUT2D eigenvalue weighted by Gasteiger charge is 2.46. The molecule has 2 amide bonds. The monoisotopic (exact) mass is 471 g/mol. The minimum atomic E-state index is -1.36. The SMILES string of the molecule is CN(C)/C=N/c1nc2c(ncn2[C@@H]2O[C@H](CO)[C@@H](O)C2NC(=O)N(CCCl)N=O)c(=O)[nH]1. The van der Waals surface area contributed by atoms with Crippen molar-refractivity contribution >= 4 is 41.1 Å². The number of rotatable bonds is 8. The summed E-state index contributed by atoms with van der Waals surface area (Å²) in [6, 6.07) is -2.07. The molecule has 1 saturated heterocycles. The molecule has 2 aromatic rings. The molecule has 174 valence electrons. The minimum absolute atomic E-state index is 0.00534. The molecule has 16 heteroatoms. The van der Waals surface area contributed by atoms with Gasteiger partial charge in [-0.25, -0.2) is 14.8 Å². The summed E-state index contributed by atoms with van der Waals surface area (Å²) >= 11 is 5.56. The zero-order chi connectivity index (χ0) is 23.4. The lowest BCUT2D eigenvalue weighted by Gasteiger charge is -2.24. The fraction of sp³-hybridized carbons (Fsp3) is 0.562. The van der Waals surface area contributed by atoms with Gasteiger partial charge in [-0.15, -0.1) is 16.5 Å². The van der Waals surface area contributed by atoms with Crippen LogP contribution in [0, 0.1) is 4.91 Å². The molecule has 0 spiro atoms. The van der Waals surface area contributed by atoms with Crippen LogP contribution in [0.3, 0.4) is 0 Å². The van der Waals surface area contributed by atoms with Crippen molar-refractivity contribution in [1.82, 2.24) is 34.7 Å². The number of amides is 2. The lowest BCUT2D eigenvalue weighted by Crippen LogP contribution is -2.50. The standard InChI is InChI=1S/C16H22ClN9O6/c1-24(2)6-19-15-21-12-10(13(29)22-15)18-7-25(12)14-9(11(28)8(5-27)32-14)20-16(30)26(23-31)4-3-17/h6-9,11,14,27-28H,3-5H2,1-2H3,(H,20,30)(H,21,22,29)/b19-6+/t8-,9?,11-,14-/m1/s1. The van der Waals surface area contributed by atoms with Gasteiger partial charge in [-0.2, -0.15) is 9.99 Å². The third-order valence-electron chi connectivity index (χ3n) is 4.57. The van der Waals surface area contributed by atoms with Crippen LogP contribution in [0.5, 0.6) is 0 Å². The number of urea groups is 1. The summed E-state index contributed by atoms with van der Waals surface area (Å²) in [6.45, 7) is -0.715. The lowest BCUT2D eigenvalue weighted by molar-refractivity contribution is -0.0440. The fourth-order valence-corrected chi connectivity index (χ4v) is 3.26. The second-order valence-corrected chi connectivity index (χ2v) is 7.41. The van der Waals surface area contributed by atoms with Crippen LogP contribution < -0.4 is 10.9 Å². The van der Waals surface area contributed by atoms with Crippen molar-refractivity contribution in [3.8, 4) is 0 Å². The summed E-state index contributed by atoms with van der Waals surface area (Å²) in [5, 5.41) is 25.7.